The largest absolute Gasteiger partial charge is 0.387 e. The van der Waals surface area contributed by atoms with Crippen LogP contribution in [0.2, 0.25) is 0 Å². The molecule has 0 saturated heterocycles. The van der Waals surface area contributed by atoms with E-state index in [1.807, 2.05) is 0 Å². The quantitative estimate of drug-likeness (QED) is 0.639. The van der Waals surface area contributed by atoms with Crippen LogP contribution in [0, 0.1) is 12.8 Å². The Kier molecular flexibility index (Phi) is 8.17. The van der Waals surface area contributed by atoms with Gasteiger partial charge in [0.1, 0.15) is 19.2 Å². The van der Waals surface area contributed by atoms with E-state index < -0.39 is 0 Å². The van der Waals surface area contributed by atoms with Gasteiger partial charge in [-0.3, -0.25) is 0 Å². The van der Waals surface area contributed by atoms with Crippen molar-refractivity contribution in [3.05, 3.63) is 59.4 Å². The van der Waals surface area contributed by atoms with Crippen molar-refractivity contribution in [1.82, 2.24) is 4.57 Å². The van der Waals surface area contributed by atoms with Crippen LogP contribution in [0.15, 0.2) is 42.6 Å². The van der Waals surface area contributed by atoms with Crippen molar-refractivity contribution in [1.29, 1.82) is 0 Å². The highest BCUT2D eigenvalue weighted by molar-refractivity contribution is 5.26. The van der Waals surface area contributed by atoms with Gasteiger partial charge >= 0.3 is 0 Å². The number of nitrogens with zero attached hydrogens (tertiary/aromatic N) is 1. The van der Waals surface area contributed by atoms with Gasteiger partial charge in [0, 0.05) is 18.7 Å². The lowest BCUT2D eigenvalue weighted by atomic mass is 9.89. The fourth-order valence-corrected chi connectivity index (χ4v) is 4.79. The fraction of sp³-hybridized carbons (Fsp3) is 0.600. The molecule has 0 radical (unpaired) electrons. The first kappa shape index (κ1) is 21.1. The van der Waals surface area contributed by atoms with Crippen LogP contribution in [0.1, 0.15) is 68.7 Å². The molecule has 0 aliphatic heterocycles. The van der Waals surface area contributed by atoms with E-state index in [4.69, 9.17) is 0 Å². The molecule has 0 bridgehead atoms. The average molecular weight is 384 g/mol. The van der Waals surface area contributed by atoms with Gasteiger partial charge in [-0.15, -0.1) is 0 Å². The molecule has 3 heteroatoms. The summed E-state index contributed by atoms with van der Waals surface area (Å²) < 4.78 is 2.40. The van der Waals surface area contributed by atoms with Crippen LogP contribution in [0.4, 0.5) is 0 Å². The number of benzene rings is 1. The summed E-state index contributed by atoms with van der Waals surface area (Å²) in [4.78, 5) is 1.55. The molecule has 1 aromatic carbocycles. The highest BCUT2D eigenvalue weighted by atomic mass is 16.3. The van der Waals surface area contributed by atoms with Gasteiger partial charge in [0.2, 0.25) is 0 Å². The number of aliphatic hydroxyl groups excluding tert-OH is 1. The number of nitrogens with one attached hydrogen (secondary N) is 1. The molecule has 2 aromatic rings. The predicted octanol–water partition coefficient (Wildman–Crippen LogP) is 3.97. The Morgan fingerprint density at radius 1 is 1.11 bits per heavy atom. The van der Waals surface area contributed by atoms with Gasteiger partial charge in [0.15, 0.2) is 0 Å². The molecule has 1 fully saturated rings. The van der Waals surface area contributed by atoms with Crippen LogP contribution in [-0.2, 0) is 13.1 Å². The average Bonchev–Trinajstić information content (AvgIpc) is 3.11. The van der Waals surface area contributed by atoms with Gasteiger partial charge in [-0.05, 0) is 49.4 Å². The number of aliphatic hydroxyl groups is 1. The van der Waals surface area contributed by atoms with Crippen molar-refractivity contribution in [2.24, 2.45) is 5.92 Å². The summed E-state index contributed by atoms with van der Waals surface area (Å²) in [6.45, 7) is 8.38. The summed E-state index contributed by atoms with van der Waals surface area (Å²) in [6, 6.07) is 13.1. The SMILES string of the molecule is CCC[C@@H](O)C[NH+](Cc1cccn1Cc1ccccc1C)CC1CCCCC1. The zero-order valence-corrected chi connectivity index (χ0v) is 17.9. The molecule has 1 heterocycles. The summed E-state index contributed by atoms with van der Waals surface area (Å²) in [5.41, 5.74) is 4.13. The Hall–Kier alpha value is -1.58. The predicted molar refractivity (Wildman–Crippen MR) is 117 cm³/mol. The second kappa shape index (κ2) is 10.8. The molecule has 0 spiro atoms. The van der Waals surface area contributed by atoms with Crippen molar-refractivity contribution in [2.45, 2.75) is 78.0 Å². The van der Waals surface area contributed by atoms with Gasteiger partial charge in [-0.2, -0.15) is 0 Å². The van der Waals surface area contributed by atoms with E-state index in [0.29, 0.717) is 0 Å². The molecule has 2 atom stereocenters. The maximum Gasteiger partial charge on any atom is 0.118 e. The summed E-state index contributed by atoms with van der Waals surface area (Å²) in [5.74, 6) is 0.831. The molecular formula is C25H39N2O+. The summed E-state index contributed by atoms with van der Waals surface area (Å²) in [6.07, 6.45) is 10.9. The standard InChI is InChI=1S/C25H38N2O/c1-3-10-25(28)20-26(17-22-12-5-4-6-13-22)19-24-15-9-16-27(24)18-23-14-8-7-11-21(23)2/h7-9,11,14-16,22,25,28H,3-6,10,12-13,17-20H2,1-2H3/p+1/t25-/m1/s1. The Labute approximate surface area is 171 Å². The normalized spacial score (nSPS) is 17.5. The molecule has 0 amide bonds. The molecule has 1 aromatic heterocycles. The van der Waals surface area contributed by atoms with Crippen molar-refractivity contribution in [3.63, 3.8) is 0 Å². The Bertz CT molecular complexity index is 702. The third-order valence-electron chi connectivity index (χ3n) is 6.40. The van der Waals surface area contributed by atoms with Crippen LogP contribution < -0.4 is 4.90 Å². The van der Waals surface area contributed by atoms with Crippen LogP contribution in [0.3, 0.4) is 0 Å². The maximum atomic E-state index is 10.5. The minimum absolute atomic E-state index is 0.177. The second-order valence-corrected chi connectivity index (χ2v) is 8.84. The van der Waals surface area contributed by atoms with Crippen LogP contribution >= 0.6 is 0 Å². The van der Waals surface area contributed by atoms with Crippen LogP contribution in [-0.4, -0.2) is 28.9 Å². The monoisotopic (exact) mass is 383 g/mol. The minimum atomic E-state index is -0.177. The Balaban J connectivity index is 1.69. The molecule has 1 saturated carbocycles. The lowest BCUT2D eigenvalue weighted by Gasteiger charge is -2.29. The number of hydrogen-bond donors (Lipinski definition) is 2. The number of quaternary nitrogens is 1. The summed E-state index contributed by atoms with van der Waals surface area (Å²) >= 11 is 0. The molecule has 1 unspecified atom stereocenters. The third-order valence-corrected chi connectivity index (χ3v) is 6.40. The van der Waals surface area contributed by atoms with Crippen molar-refractivity contribution in [2.75, 3.05) is 13.1 Å². The molecule has 154 valence electrons. The number of hydrogen-bond acceptors (Lipinski definition) is 1. The highest BCUT2D eigenvalue weighted by Crippen LogP contribution is 2.22. The number of aromatic nitrogens is 1. The van der Waals surface area contributed by atoms with Gasteiger partial charge in [-0.1, -0.05) is 56.9 Å². The summed E-state index contributed by atoms with van der Waals surface area (Å²) in [7, 11) is 0. The molecule has 28 heavy (non-hydrogen) atoms. The summed E-state index contributed by atoms with van der Waals surface area (Å²) in [5, 5.41) is 10.5. The first-order valence-electron chi connectivity index (χ1n) is 11.4. The van der Waals surface area contributed by atoms with Gasteiger partial charge in [0.25, 0.3) is 0 Å². The lowest BCUT2D eigenvalue weighted by Crippen LogP contribution is -3.12. The molecule has 2 N–H and O–H groups in total. The van der Waals surface area contributed by atoms with Gasteiger partial charge in [-0.25, -0.2) is 0 Å². The molecule has 1 aliphatic carbocycles. The van der Waals surface area contributed by atoms with E-state index in [0.717, 1.165) is 38.4 Å². The molecule has 3 nitrogen and oxygen atoms in total. The third kappa shape index (κ3) is 6.22. The van der Waals surface area contributed by atoms with Crippen LogP contribution in [0.25, 0.3) is 0 Å². The first-order valence-corrected chi connectivity index (χ1v) is 11.4. The van der Waals surface area contributed by atoms with E-state index in [-0.39, 0.29) is 6.10 Å². The first-order chi connectivity index (χ1) is 13.7. The van der Waals surface area contributed by atoms with Crippen molar-refractivity contribution >= 4 is 0 Å². The molecule has 1 aliphatic rings. The van der Waals surface area contributed by atoms with Gasteiger partial charge in [0.05, 0.1) is 12.2 Å². The van der Waals surface area contributed by atoms with E-state index in [9.17, 15) is 5.11 Å². The van der Waals surface area contributed by atoms with Crippen molar-refractivity contribution < 1.29 is 10.0 Å². The van der Waals surface area contributed by atoms with Gasteiger partial charge < -0.3 is 14.6 Å². The van der Waals surface area contributed by atoms with Crippen molar-refractivity contribution in [3.8, 4) is 0 Å². The minimum Gasteiger partial charge on any atom is -0.387 e. The van der Waals surface area contributed by atoms with E-state index >= 15 is 0 Å². The lowest BCUT2D eigenvalue weighted by molar-refractivity contribution is -0.920. The van der Waals surface area contributed by atoms with E-state index in [1.165, 1.54) is 55.5 Å². The van der Waals surface area contributed by atoms with E-state index in [1.54, 1.807) is 4.90 Å². The zero-order valence-electron chi connectivity index (χ0n) is 17.9. The second-order valence-electron chi connectivity index (χ2n) is 8.84. The van der Waals surface area contributed by atoms with E-state index in [2.05, 4.69) is 61.0 Å². The molecule has 3 rings (SSSR count). The zero-order chi connectivity index (χ0) is 19.8. The van der Waals surface area contributed by atoms with Crippen LogP contribution in [0.5, 0.6) is 0 Å². The number of aryl methyl sites for hydroxylation is 1. The highest BCUT2D eigenvalue weighted by Gasteiger charge is 2.23. The smallest absolute Gasteiger partial charge is 0.118 e. The Morgan fingerprint density at radius 3 is 2.64 bits per heavy atom. The maximum absolute atomic E-state index is 10.5. The Morgan fingerprint density at radius 2 is 1.89 bits per heavy atom. The molecular weight excluding hydrogens is 344 g/mol. The fourth-order valence-electron chi connectivity index (χ4n) is 4.79. The number of rotatable bonds is 10. The topological polar surface area (TPSA) is 29.6 Å².